The molecule has 29 heavy (non-hydrogen) atoms. The number of carbonyl (C=O) groups is 2. The maximum absolute atomic E-state index is 12.1. The molecule has 0 radical (unpaired) electrons. The normalized spacial score (nSPS) is 14.7. The van der Waals surface area contributed by atoms with Gasteiger partial charge >= 0.3 is 12.1 Å². The van der Waals surface area contributed by atoms with E-state index in [-0.39, 0.29) is 12.5 Å². The zero-order chi connectivity index (χ0) is 20.2. The molecule has 150 valence electrons. The van der Waals surface area contributed by atoms with Crippen molar-refractivity contribution in [3.8, 4) is 0 Å². The van der Waals surface area contributed by atoms with Crippen molar-refractivity contribution in [2.75, 3.05) is 23.3 Å². The summed E-state index contributed by atoms with van der Waals surface area (Å²) in [7, 11) is 0. The molecule has 0 bridgehead atoms. The Kier molecular flexibility index (Phi) is 5.33. The van der Waals surface area contributed by atoms with E-state index in [0.717, 1.165) is 11.3 Å². The smallest absolute Gasteiger partial charge is 0.413 e. The average molecular weight is 395 g/mol. The Hall–Kier alpha value is -3.55. The first-order chi connectivity index (χ1) is 14.1. The van der Waals surface area contributed by atoms with Gasteiger partial charge in [-0.15, -0.1) is 0 Å². The molecule has 0 unspecified atom stereocenters. The second kappa shape index (κ2) is 8.22. The highest BCUT2D eigenvalue weighted by molar-refractivity contribution is 5.97. The lowest BCUT2D eigenvalue weighted by atomic mass is 9.96. The van der Waals surface area contributed by atoms with Crippen molar-refractivity contribution < 1.29 is 24.0 Å². The molecule has 2 aromatic carbocycles. The van der Waals surface area contributed by atoms with Gasteiger partial charge in [0.1, 0.15) is 6.61 Å². The highest BCUT2D eigenvalue weighted by atomic mass is 16.5. The molecule has 0 saturated carbocycles. The summed E-state index contributed by atoms with van der Waals surface area (Å²) in [6.07, 6.45) is 0.596. The van der Waals surface area contributed by atoms with Crippen molar-refractivity contribution in [2.24, 2.45) is 5.92 Å². The van der Waals surface area contributed by atoms with Crippen LogP contribution in [-0.4, -0.2) is 35.4 Å². The number of rotatable bonds is 5. The average Bonchev–Trinajstić information content (AvgIpc) is 3.15. The van der Waals surface area contributed by atoms with Gasteiger partial charge in [-0.2, -0.15) is 0 Å². The molecule has 0 aliphatic carbocycles. The molecule has 0 atom stereocenters. The van der Waals surface area contributed by atoms with E-state index in [1.54, 1.807) is 6.07 Å². The molecule has 1 amide bonds. The number of hydrogen-bond donors (Lipinski definition) is 2. The van der Waals surface area contributed by atoms with Crippen molar-refractivity contribution >= 4 is 34.5 Å². The van der Waals surface area contributed by atoms with Crippen molar-refractivity contribution in [2.45, 2.75) is 19.4 Å². The second-order valence-corrected chi connectivity index (χ2v) is 7.00. The summed E-state index contributed by atoms with van der Waals surface area (Å²) >= 11 is 0. The Morgan fingerprint density at radius 2 is 1.93 bits per heavy atom. The summed E-state index contributed by atoms with van der Waals surface area (Å²) in [5.41, 5.74) is 2.37. The van der Waals surface area contributed by atoms with Gasteiger partial charge in [0.25, 0.3) is 0 Å². The third-order valence-electron chi connectivity index (χ3n) is 5.10. The van der Waals surface area contributed by atoms with Crippen LogP contribution >= 0.6 is 0 Å². The molecule has 8 heteroatoms. The zero-order valence-electron chi connectivity index (χ0n) is 15.7. The van der Waals surface area contributed by atoms with Crippen LogP contribution in [0.25, 0.3) is 11.0 Å². The minimum Gasteiger partial charge on any atom is -0.481 e. The molecular weight excluding hydrogens is 374 g/mol. The van der Waals surface area contributed by atoms with Crippen LogP contribution in [0.2, 0.25) is 0 Å². The number of ether oxygens (including phenoxy) is 1. The number of fused-ring (bicyclic) bond motifs is 1. The van der Waals surface area contributed by atoms with E-state index in [1.807, 2.05) is 42.5 Å². The zero-order valence-corrected chi connectivity index (χ0v) is 15.7. The van der Waals surface area contributed by atoms with Gasteiger partial charge in [-0.3, -0.25) is 10.1 Å². The van der Waals surface area contributed by atoms with E-state index < -0.39 is 12.1 Å². The molecule has 2 N–H and O–H groups in total. The first-order valence-corrected chi connectivity index (χ1v) is 9.45. The molecule has 4 rings (SSSR count). The van der Waals surface area contributed by atoms with Gasteiger partial charge in [-0.1, -0.05) is 35.5 Å². The van der Waals surface area contributed by atoms with Crippen LogP contribution in [0.15, 0.2) is 53.1 Å². The lowest BCUT2D eigenvalue weighted by Gasteiger charge is -2.31. The van der Waals surface area contributed by atoms with Crippen LogP contribution < -0.4 is 10.2 Å². The van der Waals surface area contributed by atoms with E-state index in [4.69, 9.17) is 14.4 Å². The van der Waals surface area contributed by atoms with Crippen LogP contribution in [-0.2, 0) is 16.1 Å². The third-order valence-corrected chi connectivity index (χ3v) is 5.10. The largest absolute Gasteiger partial charge is 0.481 e. The standard InChI is InChI=1S/C21H21N3O5/c25-20(26)15-8-10-24(11-9-15)16-6-7-18-17(12-16)19(23-29-18)22-21(27)28-13-14-4-2-1-3-5-14/h1-7,12,15H,8-11,13H2,(H,25,26)(H,22,23,27). The van der Waals surface area contributed by atoms with Gasteiger partial charge in [0.05, 0.1) is 11.3 Å². The molecule has 0 spiro atoms. The SMILES string of the molecule is O=C(Nc1noc2ccc(N3CCC(C(=O)O)CC3)cc12)OCc1ccccc1. The Labute approximate surface area is 167 Å². The van der Waals surface area contributed by atoms with E-state index in [1.165, 1.54) is 0 Å². The van der Waals surface area contributed by atoms with Crippen molar-refractivity contribution in [1.82, 2.24) is 5.16 Å². The van der Waals surface area contributed by atoms with Crippen LogP contribution in [0.4, 0.5) is 16.3 Å². The monoisotopic (exact) mass is 395 g/mol. The molecule has 1 aromatic heterocycles. The highest BCUT2D eigenvalue weighted by Crippen LogP contribution is 2.30. The fraction of sp³-hybridized carbons (Fsp3) is 0.286. The molecule has 1 fully saturated rings. The summed E-state index contributed by atoms with van der Waals surface area (Å²) < 4.78 is 10.5. The maximum Gasteiger partial charge on any atom is 0.413 e. The third kappa shape index (κ3) is 4.31. The number of benzene rings is 2. The van der Waals surface area contributed by atoms with Crippen LogP contribution in [0.1, 0.15) is 18.4 Å². The van der Waals surface area contributed by atoms with Crippen LogP contribution in [0.3, 0.4) is 0 Å². The predicted molar refractivity (Wildman–Crippen MR) is 107 cm³/mol. The Morgan fingerprint density at radius 1 is 1.17 bits per heavy atom. The quantitative estimate of drug-likeness (QED) is 0.675. The lowest BCUT2D eigenvalue weighted by Crippen LogP contribution is -2.36. The Morgan fingerprint density at radius 3 is 2.66 bits per heavy atom. The summed E-state index contributed by atoms with van der Waals surface area (Å²) in [6.45, 7) is 1.48. The van der Waals surface area contributed by atoms with Crippen LogP contribution in [0.5, 0.6) is 0 Å². The topological polar surface area (TPSA) is 105 Å². The summed E-state index contributed by atoms with van der Waals surface area (Å²) in [5.74, 6) is -0.734. The maximum atomic E-state index is 12.1. The van der Waals surface area contributed by atoms with Gasteiger partial charge in [0.15, 0.2) is 11.4 Å². The molecule has 1 aliphatic heterocycles. The number of nitrogens with zero attached hydrogens (tertiary/aromatic N) is 2. The van der Waals surface area contributed by atoms with Gasteiger partial charge < -0.3 is 19.3 Å². The summed E-state index contributed by atoms with van der Waals surface area (Å²) in [4.78, 5) is 25.4. The first-order valence-electron chi connectivity index (χ1n) is 9.45. The van der Waals surface area contributed by atoms with Crippen LogP contribution in [0, 0.1) is 5.92 Å². The second-order valence-electron chi connectivity index (χ2n) is 7.00. The van der Waals surface area contributed by atoms with Gasteiger partial charge in [0, 0.05) is 18.8 Å². The summed E-state index contributed by atoms with van der Waals surface area (Å²) in [5, 5.41) is 16.4. The number of hydrogen-bond acceptors (Lipinski definition) is 6. The van der Waals surface area contributed by atoms with E-state index in [9.17, 15) is 9.59 Å². The van der Waals surface area contributed by atoms with E-state index in [0.29, 0.717) is 42.7 Å². The van der Waals surface area contributed by atoms with Crippen molar-refractivity contribution in [3.05, 3.63) is 54.1 Å². The Bertz CT molecular complexity index is 1010. The summed E-state index contributed by atoms with van der Waals surface area (Å²) in [6, 6.07) is 15.0. The van der Waals surface area contributed by atoms with Gasteiger partial charge in [0.2, 0.25) is 0 Å². The number of piperidine rings is 1. The number of aliphatic carboxylic acids is 1. The minimum absolute atomic E-state index is 0.159. The molecule has 8 nitrogen and oxygen atoms in total. The Balaban J connectivity index is 1.43. The lowest BCUT2D eigenvalue weighted by molar-refractivity contribution is -0.142. The highest BCUT2D eigenvalue weighted by Gasteiger charge is 2.25. The number of anilines is 2. The molecule has 2 heterocycles. The molecule has 3 aromatic rings. The molecule has 1 saturated heterocycles. The number of amides is 1. The number of nitrogens with one attached hydrogen (secondary N) is 1. The van der Waals surface area contributed by atoms with Gasteiger partial charge in [-0.05, 0) is 36.6 Å². The minimum atomic E-state index is -0.736. The van der Waals surface area contributed by atoms with Crippen molar-refractivity contribution in [1.29, 1.82) is 0 Å². The fourth-order valence-electron chi connectivity index (χ4n) is 3.45. The number of aromatic nitrogens is 1. The fourth-order valence-corrected chi connectivity index (χ4v) is 3.45. The number of carboxylic acids is 1. The van der Waals surface area contributed by atoms with E-state index in [2.05, 4.69) is 15.4 Å². The number of carboxylic acid groups (broad SMARTS) is 1. The molecular formula is C21H21N3O5. The van der Waals surface area contributed by atoms with Crippen molar-refractivity contribution in [3.63, 3.8) is 0 Å². The number of carbonyl (C=O) groups excluding carboxylic acids is 1. The van der Waals surface area contributed by atoms with Gasteiger partial charge in [-0.25, -0.2) is 4.79 Å². The van der Waals surface area contributed by atoms with E-state index >= 15 is 0 Å². The molecule has 1 aliphatic rings. The first kappa shape index (κ1) is 18.8. The predicted octanol–water partition coefficient (Wildman–Crippen LogP) is 3.88.